The van der Waals surface area contributed by atoms with Crippen molar-refractivity contribution in [3.05, 3.63) is 65.4 Å². The summed E-state index contributed by atoms with van der Waals surface area (Å²) in [7, 11) is 3.06. The lowest BCUT2D eigenvalue weighted by atomic mass is 10.0. The van der Waals surface area contributed by atoms with Crippen molar-refractivity contribution in [2.45, 2.75) is 0 Å². The van der Waals surface area contributed by atoms with E-state index in [1.165, 1.54) is 18.9 Å². The van der Waals surface area contributed by atoms with Crippen molar-refractivity contribution in [3.8, 4) is 29.3 Å². The summed E-state index contributed by atoms with van der Waals surface area (Å²) >= 11 is 0. The van der Waals surface area contributed by atoms with Crippen molar-refractivity contribution in [2.75, 3.05) is 20.0 Å². The molecule has 0 saturated heterocycles. The highest BCUT2D eigenvalue weighted by atomic mass is 16.5. The van der Waals surface area contributed by atoms with E-state index >= 15 is 0 Å². The van der Waals surface area contributed by atoms with Gasteiger partial charge in [0.05, 0.1) is 31.0 Å². The number of ether oxygens (including phenoxy) is 2. The lowest BCUT2D eigenvalue weighted by Crippen LogP contribution is -2.02. The van der Waals surface area contributed by atoms with Gasteiger partial charge in [-0.2, -0.15) is 15.6 Å². The molecule has 3 aromatic rings. The normalized spacial score (nSPS) is 10.8. The number of allylic oxidation sites excluding steroid dienone is 1. The van der Waals surface area contributed by atoms with Crippen LogP contribution in [-0.4, -0.2) is 24.0 Å². The molecule has 2 N–H and O–H groups in total. The summed E-state index contributed by atoms with van der Waals surface area (Å²) in [6.45, 7) is 0. The number of rotatable bonds is 5. The van der Waals surface area contributed by atoms with Crippen molar-refractivity contribution < 1.29 is 9.47 Å². The fourth-order valence-electron chi connectivity index (χ4n) is 2.82. The van der Waals surface area contributed by atoms with Gasteiger partial charge in [-0.05, 0) is 30.3 Å². The number of benzene rings is 2. The first-order chi connectivity index (χ1) is 13.6. The van der Waals surface area contributed by atoms with Crippen LogP contribution in [0.15, 0.2) is 48.5 Å². The Bertz CT molecular complexity index is 1100. The lowest BCUT2D eigenvalue weighted by molar-refractivity contribution is 0.392. The highest BCUT2D eigenvalue weighted by Gasteiger charge is 2.21. The monoisotopic (exact) mass is 371 g/mol. The van der Waals surface area contributed by atoms with Gasteiger partial charge in [-0.1, -0.05) is 24.3 Å². The molecule has 0 aliphatic carbocycles. The Morgan fingerprint density at radius 2 is 1.68 bits per heavy atom. The third kappa shape index (κ3) is 3.25. The second kappa shape index (κ2) is 7.98. The average molecular weight is 371 g/mol. The highest BCUT2D eigenvalue weighted by Crippen LogP contribution is 2.33. The maximum absolute atomic E-state index is 9.76. The van der Waals surface area contributed by atoms with E-state index in [9.17, 15) is 10.5 Å². The number of nitriles is 2. The van der Waals surface area contributed by atoms with Crippen LogP contribution in [0.4, 0.5) is 5.82 Å². The van der Waals surface area contributed by atoms with Gasteiger partial charge in [-0.3, -0.25) is 0 Å². The average Bonchev–Trinajstić information content (AvgIpc) is 3.08. The van der Waals surface area contributed by atoms with Crippen LogP contribution in [0.5, 0.6) is 11.5 Å². The summed E-state index contributed by atoms with van der Waals surface area (Å²) in [6.07, 6.45) is 1.58. The molecule has 28 heavy (non-hydrogen) atoms. The fourth-order valence-corrected chi connectivity index (χ4v) is 2.82. The smallest absolute Gasteiger partial charge is 0.145 e. The molecule has 1 aromatic heterocycles. The minimum atomic E-state index is 0.130. The molecule has 0 bridgehead atoms. The fraction of sp³-hybridized carbons (Fsp3) is 0.0952. The molecule has 0 atom stereocenters. The quantitative estimate of drug-likeness (QED) is 0.688. The van der Waals surface area contributed by atoms with Crippen LogP contribution < -0.4 is 15.2 Å². The molecule has 0 fully saturated rings. The minimum Gasteiger partial charge on any atom is -0.496 e. The number of methoxy groups -OCH3 is 2. The number of hydrogen-bond donors (Lipinski definition) is 1. The molecule has 0 aliphatic heterocycles. The molecule has 0 unspecified atom stereocenters. The Kier molecular flexibility index (Phi) is 5.29. The Balaban J connectivity index is 2.22. The zero-order valence-electron chi connectivity index (χ0n) is 15.4. The van der Waals surface area contributed by atoms with Crippen LogP contribution in [0, 0.1) is 22.7 Å². The first kappa shape index (κ1) is 18.6. The number of aromatic nitrogens is 2. The van der Waals surface area contributed by atoms with Crippen molar-refractivity contribution in [1.29, 1.82) is 10.5 Å². The summed E-state index contributed by atoms with van der Waals surface area (Å²) in [4.78, 5) is 0. The molecule has 0 aliphatic rings. The number of nitrogen functional groups attached to an aromatic ring is 1. The molecule has 138 valence electrons. The van der Waals surface area contributed by atoms with E-state index in [-0.39, 0.29) is 22.6 Å². The van der Waals surface area contributed by atoms with E-state index in [1.54, 1.807) is 24.3 Å². The molecular formula is C21H17N5O2. The summed E-state index contributed by atoms with van der Waals surface area (Å²) in [5, 5.41) is 23.8. The Labute approximate surface area is 162 Å². The van der Waals surface area contributed by atoms with E-state index < -0.39 is 0 Å². The molecule has 7 heteroatoms. The van der Waals surface area contributed by atoms with Gasteiger partial charge < -0.3 is 15.2 Å². The van der Waals surface area contributed by atoms with Crippen LogP contribution in [0.1, 0.15) is 16.8 Å². The van der Waals surface area contributed by atoms with Crippen LogP contribution in [0.3, 0.4) is 0 Å². The Morgan fingerprint density at radius 3 is 2.21 bits per heavy atom. The number of para-hydroxylation sites is 1. The van der Waals surface area contributed by atoms with E-state index in [1.807, 2.05) is 36.4 Å². The molecule has 0 saturated carbocycles. The zero-order valence-corrected chi connectivity index (χ0v) is 15.4. The topological polar surface area (TPSA) is 110 Å². The van der Waals surface area contributed by atoms with Crippen molar-refractivity contribution >= 4 is 17.5 Å². The molecule has 2 aromatic carbocycles. The van der Waals surface area contributed by atoms with Gasteiger partial charge in [0.25, 0.3) is 0 Å². The van der Waals surface area contributed by atoms with Crippen LogP contribution >= 0.6 is 0 Å². The van der Waals surface area contributed by atoms with Gasteiger partial charge in [0.15, 0.2) is 0 Å². The number of hydrogen-bond acceptors (Lipinski definition) is 6. The highest BCUT2D eigenvalue weighted by molar-refractivity contribution is 5.93. The minimum absolute atomic E-state index is 0.130. The molecule has 0 spiro atoms. The SMILES string of the molecule is COc1cccc(OC)c1C=C(C#N)c1nn(-c2ccccc2)c(N)c1C#N. The summed E-state index contributed by atoms with van der Waals surface area (Å²) < 4.78 is 12.2. The largest absolute Gasteiger partial charge is 0.496 e. The van der Waals surface area contributed by atoms with Gasteiger partial charge in [-0.25, -0.2) is 4.68 Å². The summed E-state index contributed by atoms with van der Waals surface area (Å²) in [5.74, 6) is 1.22. The predicted octanol–water partition coefficient (Wildman–Crippen LogP) is 3.41. The third-order valence-electron chi connectivity index (χ3n) is 4.16. The molecule has 7 nitrogen and oxygen atoms in total. The Morgan fingerprint density at radius 1 is 1.04 bits per heavy atom. The number of nitrogens with two attached hydrogens (primary N) is 1. The van der Waals surface area contributed by atoms with Gasteiger partial charge >= 0.3 is 0 Å². The summed E-state index contributed by atoms with van der Waals surface area (Å²) in [6, 6.07) is 18.6. The molecular weight excluding hydrogens is 354 g/mol. The number of nitrogens with zero attached hydrogens (tertiary/aromatic N) is 4. The van der Waals surface area contributed by atoms with Crippen molar-refractivity contribution in [3.63, 3.8) is 0 Å². The van der Waals surface area contributed by atoms with E-state index in [2.05, 4.69) is 11.2 Å². The van der Waals surface area contributed by atoms with Gasteiger partial charge in [-0.15, -0.1) is 0 Å². The maximum Gasteiger partial charge on any atom is 0.145 e. The van der Waals surface area contributed by atoms with Gasteiger partial charge in [0.1, 0.15) is 40.7 Å². The number of anilines is 1. The molecule has 0 amide bonds. The standard InChI is InChI=1S/C21H17N5O2/c1-27-18-9-6-10-19(28-2)16(18)11-14(12-22)20-17(13-23)21(24)26(25-20)15-7-4-3-5-8-15/h3-11H,24H2,1-2H3. The van der Waals surface area contributed by atoms with Crippen LogP contribution in [0.2, 0.25) is 0 Å². The van der Waals surface area contributed by atoms with E-state index in [0.717, 1.165) is 0 Å². The molecule has 0 radical (unpaired) electrons. The predicted molar refractivity (Wildman–Crippen MR) is 106 cm³/mol. The zero-order chi connectivity index (χ0) is 20.1. The van der Waals surface area contributed by atoms with Crippen LogP contribution in [0.25, 0.3) is 17.3 Å². The van der Waals surface area contributed by atoms with Gasteiger partial charge in [0.2, 0.25) is 0 Å². The first-order valence-corrected chi connectivity index (χ1v) is 8.31. The van der Waals surface area contributed by atoms with Crippen LogP contribution in [-0.2, 0) is 0 Å². The molecule has 3 rings (SSSR count). The molecule has 1 heterocycles. The first-order valence-electron chi connectivity index (χ1n) is 8.31. The van der Waals surface area contributed by atoms with E-state index in [4.69, 9.17) is 15.2 Å². The summed E-state index contributed by atoms with van der Waals surface area (Å²) in [5.41, 5.74) is 7.89. The Hall–Kier alpha value is -4.23. The van der Waals surface area contributed by atoms with Crippen molar-refractivity contribution in [1.82, 2.24) is 9.78 Å². The lowest BCUT2D eigenvalue weighted by Gasteiger charge is -2.10. The van der Waals surface area contributed by atoms with Gasteiger partial charge in [0, 0.05) is 0 Å². The second-order valence-electron chi connectivity index (χ2n) is 5.71. The second-order valence-corrected chi connectivity index (χ2v) is 5.71. The van der Waals surface area contributed by atoms with E-state index in [0.29, 0.717) is 22.7 Å². The third-order valence-corrected chi connectivity index (χ3v) is 4.16. The van der Waals surface area contributed by atoms with Crippen molar-refractivity contribution in [2.24, 2.45) is 0 Å². The maximum atomic E-state index is 9.76.